The van der Waals surface area contributed by atoms with E-state index >= 15 is 0 Å². The Kier molecular flexibility index (Phi) is 6.68. The van der Waals surface area contributed by atoms with Crippen LogP contribution in [-0.4, -0.2) is 36.0 Å². The number of carbonyl (C=O) groups excluding carboxylic acids is 3. The van der Waals surface area contributed by atoms with Crippen molar-refractivity contribution in [2.45, 2.75) is 6.42 Å². The van der Waals surface area contributed by atoms with Gasteiger partial charge in [-0.3, -0.25) is 4.79 Å². The van der Waals surface area contributed by atoms with Crippen LogP contribution >= 0.6 is 0 Å². The van der Waals surface area contributed by atoms with Gasteiger partial charge in [-0.2, -0.15) is 0 Å². The standard InChI is InChI=1S/C20H18O6/c1-14(21)19(23)25-12-7-13-26-20(24)17-11-6-5-10-16(17)18(22)15-8-3-2-4-9-15/h2-6,8-11,21H,1,7,12-13H2. The first kappa shape index (κ1) is 18.9. The Morgan fingerprint density at radius 1 is 0.846 bits per heavy atom. The molecule has 0 bridgehead atoms. The summed E-state index contributed by atoms with van der Waals surface area (Å²) in [6, 6.07) is 15.1. The summed E-state index contributed by atoms with van der Waals surface area (Å²) in [5.74, 6) is -2.51. The fourth-order valence-corrected chi connectivity index (χ4v) is 2.15. The second kappa shape index (κ2) is 9.17. The van der Waals surface area contributed by atoms with E-state index in [4.69, 9.17) is 9.84 Å². The topological polar surface area (TPSA) is 89.9 Å². The number of ether oxygens (including phenoxy) is 2. The molecular weight excluding hydrogens is 336 g/mol. The molecule has 0 fully saturated rings. The molecule has 26 heavy (non-hydrogen) atoms. The van der Waals surface area contributed by atoms with Crippen molar-refractivity contribution in [3.63, 3.8) is 0 Å². The lowest BCUT2D eigenvalue weighted by Gasteiger charge is -2.09. The van der Waals surface area contributed by atoms with Gasteiger partial charge in [0.25, 0.3) is 0 Å². The van der Waals surface area contributed by atoms with Crippen LogP contribution in [0.25, 0.3) is 0 Å². The Morgan fingerprint density at radius 2 is 1.42 bits per heavy atom. The maximum absolute atomic E-state index is 12.6. The molecule has 0 heterocycles. The fourth-order valence-electron chi connectivity index (χ4n) is 2.15. The molecule has 134 valence electrons. The molecule has 0 saturated heterocycles. The van der Waals surface area contributed by atoms with Gasteiger partial charge in [0.2, 0.25) is 0 Å². The molecular formula is C20H18O6. The van der Waals surface area contributed by atoms with Crippen molar-refractivity contribution in [2.24, 2.45) is 0 Å². The molecule has 0 aliphatic carbocycles. The van der Waals surface area contributed by atoms with E-state index in [0.29, 0.717) is 5.56 Å². The zero-order chi connectivity index (χ0) is 18.9. The van der Waals surface area contributed by atoms with Crippen molar-refractivity contribution in [1.29, 1.82) is 0 Å². The number of ketones is 1. The van der Waals surface area contributed by atoms with Crippen molar-refractivity contribution < 1.29 is 29.0 Å². The van der Waals surface area contributed by atoms with Crippen LogP contribution in [0.4, 0.5) is 0 Å². The Labute approximate surface area is 150 Å². The highest BCUT2D eigenvalue weighted by Gasteiger charge is 2.18. The van der Waals surface area contributed by atoms with Gasteiger partial charge in [0.05, 0.1) is 18.8 Å². The van der Waals surface area contributed by atoms with Gasteiger partial charge in [-0.05, 0) is 12.6 Å². The number of hydrogen-bond donors (Lipinski definition) is 1. The number of hydrogen-bond acceptors (Lipinski definition) is 6. The van der Waals surface area contributed by atoms with Crippen molar-refractivity contribution in [3.8, 4) is 0 Å². The lowest BCUT2D eigenvalue weighted by molar-refractivity contribution is -0.142. The molecule has 2 aromatic carbocycles. The lowest BCUT2D eigenvalue weighted by Crippen LogP contribution is -2.14. The first-order valence-electron chi connectivity index (χ1n) is 7.91. The maximum Gasteiger partial charge on any atom is 0.372 e. The Balaban J connectivity index is 1.96. The van der Waals surface area contributed by atoms with E-state index < -0.39 is 17.7 Å². The van der Waals surface area contributed by atoms with E-state index in [2.05, 4.69) is 11.3 Å². The molecule has 2 rings (SSSR count). The maximum atomic E-state index is 12.6. The van der Waals surface area contributed by atoms with E-state index in [1.807, 2.05) is 0 Å². The van der Waals surface area contributed by atoms with Crippen molar-refractivity contribution in [2.75, 3.05) is 13.2 Å². The number of esters is 2. The van der Waals surface area contributed by atoms with Crippen LogP contribution in [0.15, 0.2) is 66.9 Å². The predicted molar refractivity (Wildman–Crippen MR) is 93.9 cm³/mol. The van der Waals surface area contributed by atoms with Gasteiger partial charge in [-0.1, -0.05) is 48.5 Å². The first-order valence-corrected chi connectivity index (χ1v) is 7.91. The molecule has 6 nitrogen and oxygen atoms in total. The second-order valence-corrected chi connectivity index (χ2v) is 5.31. The zero-order valence-electron chi connectivity index (χ0n) is 14.0. The van der Waals surface area contributed by atoms with Gasteiger partial charge in [0, 0.05) is 17.5 Å². The average Bonchev–Trinajstić information content (AvgIpc) is 2.67. The zero-order valence-corrected chi connectivity index (χ0v) is 14.0. The molecule has 6 heteroatoms. The van der Waals surface area contributed by atoms with Crippen LogP contribution in [0.1, 0.15) is 32.7 Å². The largest absolute Gasteiger partial charge is 0.502 e. The minimum Gasteiger partial charge on any atom is -0.502 e. The minimum absolute atomic E-state index is 0.00210. The second-order valence-electron chi connectivity index (χ2n) is 5.31. The molecule has 0 radical (unpaired) electrons. The van der Waals surface area contributed by atoms with Crippen molar-refractivity contribution >= 4 is 17.7 Å². The molecule has 0 aromatic heterocycles. The summed E-state index contributed by atoms with van der Waals surface area (Å²) in [5, 5.41) is 8.80. The highest BCUT2D eigenvalue weighted by atomic mass is 16.6. The van der Waals surface area contributed by atoms with Crippen LogP contribution in [0, 0.1) is 0 Å². The van der Waals surface area contributed by atoms with Crippen LogP contribution in [0.3, 0.4) is 0 Å². The molecule has 0 unspecified atom stereocenters. The van der Waals surface area contributed by atoms with Crippen LogP contribution in [-0.2, 0) is 14.3 Å². The quantitative estimate of drug-likeness (QED) is 0.258. The van der Waals surface area contributed by atoms with E-state index in [0.717, 1.165) is 0 Å². The smallest absolute Gasteiger partial charge is 0.372 e. The predicted octanol–water partition coefficient (Wildman–Crippen LogP) is 3.08. The highest BCUT2D eigenvalue weighted by molar-refractivity contribution is 6.14. The third-order valence-electron chi connectivity index (χ3n) is 3.42. The molecule has 0 spiro atoms. The van der Waals surface area contributed by atoms with Crippen molar-refractivity contribution in [1.82, 2.24) is 0 Å². The summed E-state index contributed by atoms with van der Waals surface area (Å²) in [4.78, 5) is 35.9. The Bertz CT molecular complexity index is 810. The number of rotatable bonds is 8. The highest BCUT2D eigenvalue weighted by Crippen LogP contribution is 2.16. The monoisotopic (exact) mass is 354 g/mol. The summed E-state index contributed by atoms with van der Waals surface area (Å²) in [5.41, 5.74) is 0.901. The van der Waals surface area contributed by atoms with Gasteiger partial charge in [0.15, 0.2) is 11.5 Å². The molecule has 1 N–H and O–H groups in total. The molecule has 0 aliphatic rings. The number of carbonyl (C=O) groups is 3. The van der Waals surface area contributed by atoms with E-state index in [-0.39, 0.29) is 36.5 Å². The lowest BCUT2D eigenvalue weighted by atomic mass is 9.98. The molecule has 0 atom stereocenters. The summed E-state index contributed by atoms with van der Waals surface area (Å²) in [6.45, 7) is 3.00. The van der Waals surface area contributed by atoms with Crippen LogP contribution in [0.2, 0.25) is 0 Å². The van der Waals surface area contributed by atoms with Crippen molar-refractivity contribution in [3.05, 3.63) is 83.6 Å². The number of benzene rings is 2. The van der Waals surface area contributed by atoms with Crippen LogP contribution in [0.5, 0.6) is 0 Å². The summed E-state index contributed by atoms with van der Waals surface area (Å²) < 4.78 is 9.81. The van der Waals surface area contributed by atoms with Gasteiger partial charge in [-0.25, -0.2) is 9.59 Å². The third kappa shape index (κ3) is 5.04. The van der Waals surface area contributed by atoms with Gasteiger partial charge >= 0.3 is 11.9 Å². The van der Waals surface area contributed by atoms with E-state index in [1.54, 1.807) is 48.5 Å². The Hall–Kier alpha value is -3.41. The summed E-state index contributed by atoms with van der Waals surface area (Å²) in [7, 11) is 0. The van der Waals surface area contributed by atoms with E-state index in [9.17, 15) is 14.4 Å². The van der Waals surface area contributed by atoms with Gasteiger partial charge in [0.1, 0.15) is 0 Å². The average molecular weight is 354 g/mol. The van der Waals surface area contributed by atoms with Crippen LogP contribution < -0.4 is 0 Å². The summed E-state index contributed by atoms with van der Waals surface area (Å²) >= 11 is 0. The first-order chi connectivity index (χ1) is 12.5. The normalized spacial score (nSPS) is 10.0. The SMILES string of the molecule is C=C(O)C(=O)OCCCOC(=O)c1ccccc1C(=O)c1ccccc1. The molecule has 2 aromatic rings. The number of aliphatic hydroxyl groups is 1. The van der Waals surface area contributed by atoms with Gasteiger partial charge in [-0.15, -0.1) is 0 Å². The summed E-state index contributed by atoms with van der Waals surface area (Å²) in [6.07, 6.45) is 0.250. The number of aliphatic hydroxyl groups excluding tert-OH is 1. The third-order valence-corrected chi connectivity index (χ3v) is 3.42. The minimum atomic E-state index is -0.921. The molecule has 0 aliphatic heterocycles. The van der Waals surface area contributed by atoms with E-state index in [1.165, 1.54) is 6.07 Å². The molecule has 0 amide bonds. The van der Waals surface area contributed by atoms with Gasteiger partial charge < -0.3 is 14.6 Å². The Morgan fingerprint density at radius 3 is 2.08 bits per heavy atom. The fraction of sp³-hybridized carbons (Fsp3) is 0.150. The molecule has 0 saturated carbocycles.